The van der Waals surface area contributed by atoms with E-state index in [1.54, 1.807) is 37.3 Å². The maximum Gasteiger partial charge on any atom is 0.336 e. The summed E-state index contributed by atoms with van der Waals surface area (Å²) in [6.07, 6.45) is 0. The molecular weight excluding hydrogens is 517 g/mol. The molecule has 0 amide bonds. The Labute approximate surface area is 205 Å². The number of hydrogen-bond acceptors (Lipinski definition) is 4. The fourth-order valence-corrected chi connectivity index (χ4v) is 4.13. The normalized spacial score (nSPS) is 10.7. The highest BCUT2D eigenvalue weighted by atomic mass is 79.9. The summed E-state index contributed by atoms with van der Waals surface area (Å²) in [7, 11) is 0. The van der Waals surface area contributed by atoms with E-state index in [1.807, 2.05) is 25.1 Å². The second-order valence-corrected chi connectivity index (χ2v) is 8.62. The van der Waals surface area contributed by atoms with E-state index in [2.05, 4.69) is 21.2 Å². The van der Waals surface area contributed by atoms with Crippen LogP contribution in [0.1, 0.15) is 34.0 Å². The van der Waals surface area contributed by atoms with Crippen molar-refractivity contribution >= 4 is 50.8 Å². The maximum atomic E-state index is 11.4. The zero-order valence-electron chi connectivity index (χ0n) is 17.5. The zero-order chi connectivity index (χ0) is 23.3. The predicted octanol–water partition coefficient (Wildman–Crippen LogP) is 7.35. The summed E-state index contributed by atoms with van der Waals surface area (Å²) in [5.74, 6) is 0.195. The summed E-state index contributed by atoms with van der Waals surface area (Å²) in [5.41, 5.74) is 3.33. The molecule has 0 unspecified atom stereocenters. The van der Waals surface area contributed by atoms with Gasteiger partial charge >= 0.3 is 5.97 Å². The molecule has 3 rings (SSSR count). The van der Waals surface area contributed by atoms with E-state index in [0.717, 1.165) is 15.7 Å². The Morgan fingerprint density at radius 3 is 2.38 bits per heavy atom. The van der Waals surface area contributed by atoms with Crippen LogP contribution < -0.4 is 14.8 Å². The highest BCUT2D eigenvalue weighted by Gasteiger charge is 2.15. The number of carbonyl (C=O) groups is 1. The van der Waals surface area contributed by atoms with Gasteiger partial charge in [-0.1, -0.05) is 51.3 Å². The minimum Gasteiger partial charge on any atom is -0.490 e. The fraction of sp³-hybridized carbons (Fsp3) is 0.208. The van der Waals surface area contributed by atoms with Gasteiger partial charge in [-0.05, 0) is 61.4 Å². The molecule has 0 saturated heterocycles. The van der Waals surface area contributed by atoms with Crippen LogP contribution >= 0.6 is 39.1 Å². The molecule has 0 aliphatic rings. The van der Waals surface area contributed by atoms with E-state index >= 15 is 0 Å². The van der Waals surface area contributed by atoms with Crippen molar-refractivity contribution < 1.29 is 19.4 Å². The Morgan fingerprint density at radius 2 is 1.72 bits per heavy atom. The molecule has 0 heterocycles. The van der Waals surface area contributed by atoms with Gasteiger partial charge < -0.3 is 19.9 Å². The summed E-state index contributed by atoms with van der Waals surface area (Å²) < 4.78 is 12.6. The van der Waals surface area contributed by atoms with E-state index in [9.17, 15) is 9.90 Å². The lowest BCUT2D eigenvalue weighted by Gasteiger charge is -2.17. The van der Waals surface area contributed by atoms with Crippen molar-refractivity contribution in [3.63, 3.8) is 0 Å². The molecular formula is C24H22BrCl2NO4. The number of nitrogens with one attached hydrogen (secondary N) is 1. The highest BCUT2D eigenvalue weighted by molar-refractivity contribution is 9.10. The minimum atomic E-state index is -0.953. The van der Waals surface area contributed by atoms with Crippen LogP contribution in [0.5, 0.6) is 11.5 Å². The van der Waals surface area contributed by atoms with E-state index < -0.39 is 5.97 Å². The van der Waals surface area contributed by atoms with Crippen molar-refractivity contribution in [3.8, 4) is 11.5 Å². The quantitative estimate of drug-likeness (QED) is 0.298. The first-order chi connectivity index (χ1) is 15.3. The molecule has 3 aromatic rings. The number of rotatable bonds is 9. The lowest BCUT2D eigenvalue weighted by atomic mass is 10.1. The monoisotopic (exact) mass is 537 g/mol. The number of anilines is 1. The average molecular weight is 539 g/mol. The molecule has 0 bridgehead atoms. The molecule has 5 nitrogen and oxygen atoms in total. The zero-order valence-corrected chi connectivity index (χ0v) is 20.6. The van der Waals surface area contributed by atoms with Crippen LogP contribution in [0.25, 0.3) is 0 Å². The van der Waals surface area contributed by atoms with Crippen molar-refractivity contribution in [3.05, 3.63) is 85.3 Å². The van der Waals surface area contributed by atoms with Crippen molar-refractivity contribution in [2.45, 2.75) is 27.0 Å². The van der Waals surface area contributed by atoms with Gasteiger partial charge in [0.1, 0.15) is 6.61 Å². The summed E-state index contributed by atoms with van der Waals surface area (Å²) in [4.78, 5) is 11.4. The Morgan fingerprint density at radius 1 is 1.06 bits per heavy atom. The topological polar surface area (TPSA) is 67.8 Å². The van der Waals surface area contributed by atoms with Crippen molar-refractivity contribution in [1.82, 2.24) is 0 Å². The number of hydrogen-bond donors (Lipinski definition) is 2. The molecule has 168 valence electrons. The number of ether oxygens (including phenoxy) is 2. The molecule has 0 aromatic heterocycles. The van der Waals surface area contributed by atoms with Gasteiger partial charge in [0, 0.05) is 32.3 Å². The molecule has 0 aliphatic heterocycles. The molecule has 0 aliphatic carbocycles. The summed E-state index contributed by atoms with van der Waals surface area (Å²) in [5, 5.41) is 13.7. The molecule has 0 atom stereocenters. The maximum absolute atomic E-state index is 11.4. The third-order valence-corrected chi connectivity index (χ3v) is 6.33. The summed E-state index contributed by atoms with van der Waals surface area (Å²) in [6, 6.07) is 14.2. The van der Waals surface area contributed by atoms with Crippen LogP contribution in [-0.4, -0.2) is 17.7 Å². The van der Waals surface area contributed by atoms with Gasteiger partial charge in [0.2, 0.25) is 0 Å². The number of halogens is 3. The predicted molar refractivity (Wildman–Crippen MR) is 132 cm³/mol. The smallest absolute Gasteiger partial charge is 0.336 e. The molecule has 32 heavy (non-hydrogen) atoms. The molecule has 3 aromatic carbocycles. The van der Waals surface area contributed by atoms with Crippen LogP contribution in [-0.2, 0) is 13.2 Å². The highest BCUT2D eigenvalue weighted by Crippen LogP contribution is 2.36. The van der Waals surface area contributed by atoms with Crippen LogP contribution in [0.15, 0.2) is 53.0 Å². The first-order valence-corrected chi connectivity index (χ1v) is 11.4. The minimum absolute atomic E-state index is 0.198. The average Bonchev–Trinajstić information content (AvgIpc) is 2.74. The number of benzene rings is 3. The van der Waals surface area contributed by atoms with Crippen molar-refractivity contribution in [1.29, 1.82) is 0 Å². The van der Waals surface area contributed by atoms with Crippen LogP contribution in [0, 0.1) is 6.92 Å². The van der Waals surface area contributed by atoms with E-state index in [1.165, 1.54) is 0 Å². The second kappa shape index (κ2) is 10.9. The van der Waals surface area contributed by atoms with Crippen LogP contribution in [0.2, 0.25) is 10.0 Å². The van der Waals surface area contributed by atoms with Gasteiger partial charge in [0.15, 0.2) is 11.5 Å². The number of carboxylic acid groups (broad SMARTS) is 1. The third kappa shape index (κ3) is 5.68. The third-order valence-electron chi connectivity index (χ3n) is 4.88. The van der Waals surface area contributed by atoms with Gasteiger partial charge in [-0.15, -0.1) is 0 Å². The van der Waals surface area contributed by atoms with E-state index in [4.69, 9.17) is 32.7 Å². The largest absolute Gasteiger partial charge is 0.490 e. The van der Waals surface area contributed by atoms with E-state index in [-0.39, 0.29) is 12.2 Å². The van der Waals surface area contributed by atoms with Crippen molar-refractivity contribution in [2.24, 2.45) is 0 Å². The molecule has 0 radical (unpaired) electrons. The summed E-state index contributed by atoms with van der Waals surface area (Å²) >= 11 is 16.1. The second-order valence-electron chi connectivity index (χ2n) is 6.95. The molecule has 2 N–H and O–H groups in total. The Hall–Kier alpha value is -2.41. The molecule has 8 heteroatoms. The Balaban J connectivity index is 1.81. The Bertz CT molecular complexity index is 1120. The van der Waals surface area contributed by atoms with Crippen LogP contribution in [0.4, 0.5) is 5.69 Å². The Kier molecular flexibility index (Phi) is 8.29. The molecule has 0 saturated carbocycles. The molecule has 0 fully saturated rings. The SMILES string of the molecule is CCOc1cc(CNc2cccc(C(=O)O)c2C)c(Br)cc1OCc1c(Cl)cccc1Cl. The van der Waals surface area contributed by atoms with Crippen molar-refractivity contribution in [2.75, 3.05) is 11.9 Å². The van der Waals surface area contributed by atoms with E-state index in [0.29, 0.717) is 45.8 Å². The van der Waals surface area contributed by atoms with Gasteiger partial charge in [-0.25, -0.2) is 4.79 Å². The number of aromatic carboxylic acids is 1. The standard InChI is InChI=1S/C24H22BrCl2NO4/c1-3-31-22-10-15(12-28-21-9-4-6-16(14(21)2)24(29)30)18(25)11-23(22)32-13-17-19(26)7-5-8-20(17)27/h4-11,28H,3,12-13H2,1-2H3,(H,29,30). The summed E-state index contributed by atoms with van der Waals surface area (Å²) in [6.45, 7) is 4.81. The van der Waals surface area contributed by atoms with Gasteiger partial charge in [-0.2, -0.15) is 0 Å². The van der Waals surface area contributed by atoms with Crippen LogP contribution in [0.3, 0.4) is 0 Å². The lowest BCUT2D eigenvalue weighted by molar-refractivity contribution is 0.0696. The first-order valence-electron chi connectivity index (χ1n) is 9.89. The number of carboxylic acids is 1. The van der Waals surface area contributed by atoms with Gasteiger partial charge in [0.05, 0.1) is 12.2 Å². The fourth-order valence-electron chi connectivity index (χ4n) is 3.16. The van der Waals surface area contributed by atoms with Gasteiger partial charge in [-0.3, -0.25) is 0 Å². The molecule has 0 spiro atoms. The first kappa shape index (κ1) is 24.2. The lowest BCUT2D eigenvalue weighted by Crippen LogP contribution is -2.07. The van der Waals surface area contributed by atoms with Gasteiger partial charge in [0.25, 0.3) is 0 Å².